The van der Waals surface area contributed by atoms with Gasteiger partial charge in [-0.1, -0.05) is 6.92 Å². The van der Waals surface area contributed by atoms with Crippen molar-refractivity contribution in [3.05, 3.63) is 33.5 Å². The molecule has 2 rings (SSSR count). The third-order valence-corrected chi connectivity index (χ3v) is 3.92. The van der Waals surface area contributed by atoms with Crippen LogP contribution in [0.5, 0.6) is 0 Å². The van der Waals surface area contributed by atoms with Crippen LogP contribution in [0.25, 0.3) is 0 Å². The molecule has 0 radical (unpaired) electrons. The first kappa shape index (κ1) is 13.2. The molecule has 0 aliphatic rings. The van der Waals surface area contributed by atoms with Crippen LogP contribution in [0.15, 0.2) is 11.4 Å². The molecule has 0 spiro atoms. The minimum Gasteiger partial charge on any atom is -0.271 e. The van der Waals surface area contributed by atoms with E-state index in [1.54, 1.807) is 11.3 Å². The Bertz CT molecular complexity index is 516. The number of hydrogen-bond acceptors (Lipinski definition) is 5. The Balaban J connectivity index is 2.19. The summed E-state index contributed by atoms with van der Waals surface area (Å²) in [6.45, 7) is 4.10. The quantitative estimate of drug-likeness (QED) is 0.635. The van der Waals surface area contributed by atoms with Crippen LogP contribution in [0.2, 0.25) is 0 Å². The van der Waals surface area contributed by atoms with E-state index in [2.05, 4.69) is 33.9 Å². The first-order valence-electron chi connectivity index (χ1n) is 6.04. The van der Waals surface area contributed by atoms with Gasteiger partial charge in [0, 0.05) is 24.5 Å². The lowest BCUT2D eigenvalue weighted by atomic mass is 10.1. The normalized spacial score (nSPS) is 12.9. The van der Waals surface area contributed by atoms with Crippen molar-refractivity contribution in [2.24, 2.45) is 12.9 Å². The van der Waals surface area contributed by atoms with E-state index in [4.69, 9.17) is 5.84 Å². The van der Waals surface area contributed by atoms with Gasteiger partial charge < -0.3 is 0 Å². The molecule has 0 fully saturated rings. The van der Waals surface area contributed by atoms with Gasteiger partial charge in [0.25, 0.3) is 0 Å². The summed E-state index contributed by atoms with van der Waals surface area (Å²) < 4.78 is 1.89. The molecule has 3 N–H and O–H groups in total. The van der Waals surface area contributed by atoms with E-state index in [0.717, 1.165) is 34.9 Å². The molecular formula is C12H19N5S. The molecule has 6 heteroatoms. The van der Waals surface area contributed by atoms with Gasteiger partial charge >= 0.3 is 0 Å². The van der Waals surface area contributed by atoms with Crippen LogP contribution in [-0.4, -0.2) is 14.8 Å². The summed E-state index contributed by atoms with van der Waals surface area (Å²) in [5.41, 5.74) is 6.11. The Kier molecular flexibility index (Phi) is 4.11. The predicted molar refractivity (Wildman–Crippen MR) is 73.2 cm³/mol. The largest absolute Gasteiger partial charge is 0.271 e. The van der Waals surface area contributed by atoms with Crippen molar-refractivity contribution in [1.29, 1.82) is 0 Å². The molecule has 0 saturated heterocycles. The number of rotatable bonds is 5. The number of thiazole rings is 1. The second-order valence-corrected chi connectivity index (χ2v) is 5.29. The highest BCUT2D eigenvalue weighted by Gasteiger charge is 2.17. The van der Waals surface area contributed by atoms with E-state index in [9.17, 15) is 0 Å². The van der Waals surface area contributed by atoms with Crippen molar-refractivity contribution in [2.45, 2.75) is 32.7 Å². The Labute approximate surface area is 111 Å². The number of nitrogens with zero attached hydrogens (tertiary/aromatic N) is 3. The summed E-state index contributed by atoms with van der Waals surface area (Å²) in [5, 5.41) is 7.60. The molecule has 0 saturated carbocycles. The van der Waals surface area contributed by atoms with E-state index >= 15 is 0 Å². The molecule has 2 aromatic heterocycles. The van der Waals surface area contributed by atoms with Crippen LogP contribution in [0, 0.1) is 6.92 Å². The molecule has 18 heavy (non-hydrogen) atoms. The lowest BCUT2D eigenvalue weighted by Gasteiger charge is -2.14. The molecule has 0 bridgehead atoms. The Hall–Kier alpha value is -1.24. The average molecular weight is 265 g/mol. The molecule has 98 valence electrons. The molecule has 2 heterocycles. The van der Waals surface area contributed by atoms with Gasteiger partial charge in [-0.15, -0.1) is 11.3 Å². The topological polar surface area (TPSA) is 68.8 Å². The predicted octanol–water partition coefficient (Wildman–Crippen LogP) is 1.49. The highest BCUT2D eigenvalue weighted by Crippen LogP contribution is 2.20. The molecule has 1 atom stereocenters. The maximum atomic E-state index is 5.66. The van der Waals surface area contributed by atoms with Crippen molar-refractivity contribution in [3.63, 3.8) is 0 Å². The van der Waals surface area contributed by atoms with Gasteiger partial charge in [0.05, 0.1) is 22.4 Å². The molecule has 2 aromatic rings. The zero-order chi connectivity index (χ0) is 13.1. The number of hydrogen-bond donors (Lipinski definition) is 2. The van der Waals surface area contributed by atoms with Gasteiger partial charge in [0.1, 0.15) is 0 Å². The van der Waals surface area contributed by atoms with E-state index in [0.29, 0.717) is 0 Å². The van der Waals surface area contributed by atoms with Crippen LogP contribution in [0.1, 0.15) is 35.1 Å². The molecule has 5 nitrogen and oxygen atoms in total. The summed E-state index contributed by atoms with van der Waals surface area (Å²) in [7, 11) is 1.95. The van der Waals surface area contributed by atoms with Gasteiger partial charge in [-0.25, -0.2) is 4.98 Å². The van der Waals surface area contributed by atoms with Crippen LogP contribution in [-0.2, 0) is 19.9 Å². The number of hydrazine groups is 1. The van der Waals surface area contributed by atoms with Gasteiger partial charge in [-0.05, 0) is 19.4 Å². The first-order valence-corrected chi connectivity index (χ1v) is 6.92. The Morgan fingerprint density at radius 3 is 2.83 bits per heavy atom. The average Bonchev–Trinajstić information content (AvgIpc) is 2.92. The standard InChI is InChI=1S/C12H19N5S/c1-4-9-5-11(17(3)16-9)10(15-13)6-12-14-8(2)7-18-12/h5,7,10,15H,4,6,13H2,1-3H3. The van der Waals surface area contributed by atoms with E-state index < -0.39 is 0 Å². The Morgan fingerprint density at radius 2 is 2.33 bits per heavy atom. The van der Waals surface area contributed by atoms with Gasteiger partial charge in [0.15, 0.2) is 0 Å². The number of nitrogens with one attached hydrogen (secondary N) is 1. The van der Waals surface area contributed by atoms with Crippen molar-refractivity contribution in [2.75, 3.05) is 0 Å². The second-order valence-electron chi connectivity index (χ2n) is 4.34. The SMILES string of the molecule is CCc1cc(C(Cc2nc(C)cs2)NN)n(C)n1. The summed E-state index contributed by atoms with van der Waals surface area (Å²) >= 11 is 1.67. The van der Waals surface area contributed by atoms with Gasteiger partial charge in [-0.3, -0.25) is 16.0 Å². The van der Waals surface area contributed by atoms with E-state index in [-0.39, 0.29) is 6.04 Å². The minimum absolute atomic E-state index is 0.0494. The molecular weight excluding hydrogens is 246 g/mol. The summed E-state index contributed by atoms with van der Waals surface area (Å²) in [6.07, 6.45) is 1.72. The first-order chi connectivity index (χ1) is 8.63. The zero-order valence-corrected chi connectivity index (χ0v) is 11.8. The van der Waals surface area contributed by atoms with Crippen LogP contribution in [0.4, 0.5) is 0 Å². The summed E-state index contributed by atoms with van der Waals surface area (Å²) in [4.78, 5) is 4.47. The fourth-order valence-corrected chi connectivity index (χ4v) is 2.78. The second kappa shape index (κ2) is 5.60. The fraction of sp³-hybridized carbons (Fsp3) is 0.500. The van der Waals surface area contributed by atoms with Crippen molar-refractivity contribution >= 4 is 11.3 Å². The van der Waals surface area contributed by atoms with Crippen LogP contribution >= 0.6 is 11.3 Å². The molecule has 0 aliphatic carbocycles. The van der Waals surface area contributed by atoms with Crippen LogP contribution in [0.3, 0.4) is 0 Å². The van der Waals surface area contributed by atoms with Crippen molar-refractivity contribution in [1.82, 2.24) is 20.2 Å². The molecule has 0 amide bonds. The lowest BCUT2D eigenvalue weighted by molar-refractivity contribution is 0.507. The number of aryl methyl sites for hydroxylation is 3. The number of aromatic nitrogens is 3. The van der Waals surface area contributed by atoms with E-state index in [1.165, 1.54) is 0 Å². The summed E-state index contributed by atoms with van der Waals surface area (Å²) in [5.74, 6) is 5.66. The third kappa shape index (κ3) is 2.77. The maximum Gasteiger partial charge on any atom is 0.0948 e. The molecule has 1 unspecified atom stereocenters. The zero-order valence-electron chi connectivity index (χ0n) is 11.0. The van der Waals surface area contributed by atoms with E-state index in [1.807, 2.05) is 18.7 Å². The highest BCUT2D eigenvalue weighted by atomic mass is 32.1. The van der Waals surface area contributed by atoms with Gasteiger partial charge in [0.2, 0.25) is 0 Å². The Morgan fingerprint density at radius 1 is 1.56 bits per heavy atom. The van der Waals surface area contributed by atoms with Crippen molar-refractivity contribution < 1.29 is 0 Å². The smallest absolute Gasteiger partial charge is 0.0948 e. The number of nitrogens with two attached hydrogens (primary N) is 1. The maximum absolute atomic E-state index is 5.66. The monoisotopic (exact) mass is 265 g/mol. The molecule has 0 aromatic carbocycles. The third-order valence-electron chi connectivity index (χ3n) is 2.93. The van der Waals surface area contributed by atoms with Gasteiger partial charge in [-0.2, -0.15) is 5.10 Å². The summed E-state index contributed by atoms with van der Waals surface area (Å²) in [6, 6.07) is 2.15. The highest BCUT2D eigenvalue weighted by molar-refractivity contribution is 7.09. The fourth-order valence-electron chi connectivity index (χ4n) is 1.96. The molecule has 0 aliphatic heterocycles. The van der Waals surface area contributed by atoms with Crippen molar-refractivity contribution in [3.8, 4) is 0 Å². The lowest BCUT2D eigenvalue weighted by Crippen LogP contribution is -2.31. The van der Waals surface area contributed by atoms with Crippen LogP contribution < -0.4 is 11.3 Å². The minimum atomic E-state index is 0.0494.